The van der Waals surface area contributed by atoms with Crippen LogP contribution in [0.15, 0.2) is 30.3 Å². The number of pyridine rings is 1. The summed E-state index contributed by atoms with van der Waals surface area (Å²) >= 11 is 0. The summed E-state index contributed by atoms with van der Waals surface area (Å²) < 4.78 is 0. The number of hydrogen-bond donors (Lipinski definition) is 2. The molecule has 0 bridgehead atoms. The predicted molar refractivity (Wildman–Crippen MR) is 79.1 cm³/mol. The fourth-order valence-electron chi connectivity index (χ4n) is 2.16. The van der Waals surface area contributed by atoms with E-state index in [9.17, 15) is 0 Å². The van der Waals surface area contributed by atoms with E-state index < -0.39 is 0 Å². The summed E-state index contributed by atoms with van der Waals surface area (Å²) in [5.41, 5.74) is 3.41. The van der Waals surface area contributed by atoms with Gasteiger partial charge in [-0.2, -0.15) is 0 Å². The van der Waals surface area contributed by atoms with Crippen LogP contribution in [0.5, 0.6) is 0 Å². The molecule has 19 heavy (non-hydrogen) atoms. The van der Waals surface area contributed by atoms with E-state index in [0.717, 1.165) is 43.6 Å². The molecular weight excluding hydrogens is 236 g/mol. The van der Waals surface area contributed by atoms with Crippen molar-refractivity contribution in [3.05, 3.63) is 41.6 Å². The molecule has 0 atom stereocenters. The molecule has 102 valence electrons. The number of hydrogen-bond acceptors (Lipinski definition) is 3. The van der Waals surface area contributed by atoms with Crippen molar-refractivity contribution in [3.8, 4) is 0 Å². The van der Waals surface area contributed by atoms with E-state index in [0.29, 0.717) is 6.61 Å². The average molecular weight is 258 g/mol. The standard InChI is InChI=1S/C16H22N2O/c1-13-5-7-15-11-14(6-8-16(15)18-13)12-17-9-3-2-4-10-19/h5-8,11,17,19H,2-4,9-10,12H2,1H3. The Morgan fingerprint density at radius 3 is 2.84 bits per heavy atom. The molecular formula is C16H22N2O. The van der Waals surface area contributed by atoms with Crippen LogP contribution in [0.2, 0.25) is 0 Å². The molecule has 0 unspecified atom stereocenters. The van der Waals surface area contributed by atoms with Crippen LogP contribution >= 0.6 is 0 Å². The summed E-state index contributed by atoms with van der Waals surface area (Å²) in [5, 5.41) is 13.3. The fraction of sp³-hybridized carbons (Fsp3) is 0.438. The van der Waals surface area contributed by atoms with Crippen molar-refractivity contribution in [2.45, 2.75) is 32.7 Å². The van der Waals surface area contributed by atoms with E-state index in [4.69, 9.17) is 5.11 Å². The van der Waals surface area contributed by atoms with Crippen LogP contribution in [0, 0.1) is 6.92 Å². The average Bonchev–Trinajstić information content (AvgIpc) is 2.43. The van der Waals surface area contributed by atoms with Crippen LogP contribution in [-0.4, -0.2) is 23.2 Å². The minimum absolute atomic E-state index is 0.303. The Morgan fingerprint density at radius 2 is 2.00 bits per heavy atom. The Balaban J connectivity index is 1.86. The Morgan fingerprint density at radius 1 is 1.11 bits per heavy atom. The molecule has 0 spiro atoms. The van der Waals surface area contributed by atoms with Crippen LogP contribution in [-0.2, 0) is 6.54 Å². The van der Waals surface area contributed by atoms with E-state index in [1.807, 2.05) is 6.92 Å². The first kappa shape index (κ1) is 14.0. The summed E-state index contributed by atoms with van der Waals surface area (Å²) in [4.78, 5) is 4.50. The normalized spacial score (nSPS) is 11.1. The van der Waals surface area contributed by atoms with Gasteiger partial charge in [-0.25, -0.2) is 0 Å². The molecule has 3 nitrogen and oxygen atoms in total. The Hall–Kier alpha value is -1.45. The SMILES string of the molecule is Cc1ccc2cc(CNCCCCCO)ccc2n1. The number of aryl methyl sites for hydroxylation is 1. The van der Waals surface area contributed by atoms with Gasteiger partial charge in [-0.1, -0.05) is 12.1 Å². The number of nitrogens with one attached hydrogen (secondary N) is 1. The van der Waals surface area contributed by atoms with Gasteiger partial charge in [-0.3, -0.25) is 4.98 Å². The molecule has 0 saturated heterocycles. The van der Waals surface area contributed by atoms with Gasteiger partial charge >= 0.3 is 0 Å². The molecule has 1 heterocycles. The molecule has 0 radical (unpaired) electrons. The van der Waals surface area contributed by atoms with Crippen LogP contribution in [0.3, 0.4) is 0 Å². The Bertz CT molecular complexity index is 525. The van der Waals surface area contributed by atoms with Crippen molar-refractivity contribution >= 4 is 10.9 Å². The largest absolute Gasteiger partial charge is 0.396 e. The van der Waals surface area contributed by atoms with Crippen LogP contribution in [0.4, 0.5) is 0 Å². The fourth-order valence-corrected chi connectivity index (χ4v) is 2.16. The number of aromatic nitrogens is 1. The van der Waals surface area contributed by atoms with E-state index >= 15 is 0 Å². The third-order valence-electron chi connectivity index (χ3n) is 3.23. The molecule has 0 fully saturated rings. The smallest absolute Gasteiger partial charge is 0.0705 e. The summed E-state index contributed by atoms with van der Waals surface area (Å²) in [7, 11) is 0. The molecule has 0 aliphatic heterocycles. The topological polar surface area (TPSA) is 45.1 Å². The van der Waals surface area contributed by atoms with E-state index in [-0.39, 0.29) is 0 Å². The summed E-state index contributed by atoms with van der Waals surface area (Å²) in [6, 6.07) is 10.6. The highest BCUT2D eigenvalue weighted by Gasteiger charge is 1.98. The van der Waals surface area contributed by atoms with E-state index in [2.05, 4.69) is 40.6 Å². The predicted octanol–water partition coefficient (Wildman–Crippen LogP) is 2.80. The van der Waals surface area contributed by atoms with E-state index in [1.54, 1.807) is 0 Å². The second-order valence-corrected chi connectivity index (χ2v) is 4.94. The molecule has 0 aliphatic carbocycles. The third kappa shape index (κ3) is 4.30. The van der Waals surface area contributed by atoms with Gasteiger partial charge in [0.2, 0.25) is 0 Å². The molecule has 2 N–H and O–H groups in total. The highest BCUT2D eigenvalue weighted by Crippen LogP contribution is 2.14. The summed E-state index contributed by atoms with van der Waals surface area (Å²) in [6.45, 7) is 4.21. The molecule has 3 heteroatoms. The lowest BCUT2D eigenvalue weighted by molar-refractivity contribution is 0.283. The monoisotopic (exact) mass is 258 g/mol. The van der Waals surface area contributed by atoms with Gasteiger partial charge in [0.25, 0.3) is 0 Å². The van der Waals surface area contributed by atoms with Crippen molar-refractivity contribution in [3.63, 3.8) is 0 Å². The molecule has 1 aromatic carbocycles. The number of aliphatic hydroxyl groups excluding tert-OH is 1. The number of nitrogens with zero attached hydrogens (tertiary/aromatic N) is 1. The summed E-state index contributed by atoms with van der Waals surface area (Å²) in [5.74, 6) is 0. The maximum Gasteiger partial charge on any atom is 0.0705 e. The maximum absolute atomic E-state index is 8.69. The first-order valence-electron chi connectivity index (χ1n) is 6.97. The highest BCUT2D eigenvalue weighted by molar-refractivity contribution is 5.79. The van der Waals surface area contributed by atoms with Crippen molar-refractivity contribution in [1.29, 1.82) is 0 Å². The van der Waals surface area contributed by atoms with Crippen LogP contribution in [0.25, 0.3) is 10.9 Å². The van der Waals surface area contributed by atoms with Crippen molar-refractivity contribution in [1.82, 2.24) is 10.3 Å². The molecule has 1 aromatic heterocycles. The molecule has 2 rings (SSSR count). The second kappa shape index (κ2) is 7.22. The zero-order chi connectivity index (χ0) is 13.5. The van der Waals surface area contributed by atoms with Crippen molar-refractivity contribution in [2.75, 3.05) is 13.2 Å². The summed E-state index contributed by atoms with van der Waals surface area (Å²) in [6.07, 6.45) is 3.11. The second-order valence-electron chi connectivity index (χ2n) is 4.94. The molecule has 0 aliphatic rings. The van der Waals surface area contributed by atoms with Gasteiger partial charge in [-0.15, -0.1) is 0 Å². The lowest BCUT2D eigenvalue weighted by Crippen LogP contribution is -2.14. The molecule has 0 saturated carbocycles. The first-order chi connectivity index (χ1) is 9.29. The first-order valence-corrected chi connectivity index (χ1v) is 6.97. The lowest BCUT2D eigenvalue weighted by Gasteiger charge is -2.06. The third-order valence-corrected chi connectivity index (χ3v) is 3.23. The Labute approximate surface area is 114 Å². The van der Waals surface area contributed by atoms with Gasteiger partial charge < -0.3 is 10.4 Å². The van der Waals surface area contributed by atoms with Crippen molar-refractivity contribution < 1.29 is 5.11 Å². The number of aliphatic hydroxyl groups is 1. The number of rotatable bonds is 7. The number of fused-ring (bicyclic) bond motifs is 1. The van der Waals surface area contributed by atoms with Gasteiger partial charge in [0, 0.05) is 24.2 Å². The van der Waals surface area contributed by atoms with E-state index in [1.165, 1.54) is 10.9 Å². The van der Waals surface area contributed by atoms with Crippen LogP contribution < -0.4 is 5.32 Å². The number of benzene rings is 1. The van der Waals surface area contributed by atoms with Gasteiger partial charge in [0.15, 0.2) is 0 Å². The minimum Gasteiger partial charge on any atom is -0.396 e. The molecule has 0 amide bonds. The zero-order valence-electron chi connectivity index (χ0n) is 11.5. The zero-order valence-corrected chi connectivity index (χ0v) is 11.5. The van der Waals surface area contributed by atoms with Crippen LogP contribution in [0.1, 0.15) is 30.5 Å². The van der Waals surface area contributed by atoms with Gasteiger partial charge in [-0.05, 0) is 56.5 Å². The highest BCUT2D eigenvalue weighted by atomic mass is 16.2. The maximum atomic E-state index is 8.69. The Kier molecular flexibility index (Phi) is 5.31. The molecule has 2 aromatic rings. The van der Waals surface area contributed by atoms with Gasteiger partial charge in [0.1, 0.15) is 0 Å². The lowest BCUT2D eigenvalue weighted by atomic mass is 10.1. The quantitative estimate of drug-likeness (QED) is 0.751. The van der Waals surface area contributed by atoms with Crippen molar-refractivity contribution in [2.24, 2.45) is 0 Å². The minimum atomic E-state index is 0.303. The van der Waals surface area contributed by atoms with Gasteiger partial charge in [0.05, 0.1) is 5.52 Å². The number of unbranched alkanes of at least 4 members (excludes halogenated alkanes) is 2.